The van der Waals surface area contributed by atoms with Crippen LogP contribution in [0, 0.1) is 11.6 Å². The van der Waals surface area contributed by atoms with E-state index in [1.165, 1.54) is 24.3 Å². The van der Waals surface area contributed by atoms with Gasteiger partial charge in [-0.1, -0.05) is 11.2 Å². The third-order valence-electron chi connectivity index (χ3n) is 6.11. The third-order valence-corrected chi connectivity index (χ3v) is 6.11. The zero-order chi connectivity index (χ0) is 20.7. The molecule has 0 saturated carbocycles. The van der Waals surface area contributed by atoms with Crippen molar-refractivity contribution >= 4 is 5.91 Å². The lowest BCUT2D eigenvalue weighted by Crippen LogP contribution is -2.41. The summed E-state index contributed by atoms with van der Waals surface area (Å²) in [6.07, 6.45) is 3.16. The van der Waals surface area contributed by atoms with E-state index in [1.54, 1.807) is 18.2 Å². The second-order valence-corrected chi connectivity index (χ2v) is 8.02. The number of aryl methyl sites for hydroxylation is 1. The second-order valence-electron chi connectivity index (χ2n) is 8.02. The second kappa shape index (κ2) is 7.63. The van der Waals surface area contributed by atoms with E-state index < -0.39 is 0 Å². The lowest BCUT2D eigenvalue weighted by Gasteiger charge is -2.33. The van der Waals surface area contributed by atoms with E-state index in [4.69, 9.17) is 4.52 Å². The van der Waals surface area contributed by atoms with Crippen molar-refractivity contribution < 1.29 is 18.1 Å². The molecule has 0 N–H and O–H groups in total. The Morgan fingerprint density at radius 3 is 2.70 bits per heavy atom. The van der Waals surface area contributed by atoms with E-state index in [1.807, 2.05) is 4.90 Å². The van der Waals surface area contributed by atoms with Gasteiger partial charge in [-0.05, 0) is 73.2 Å². The fourth-order valence-corrected chi connectivity index (χ4v) is 4.56. The maximum absolute atomic E-state index is 13.5. The van der Waals surface area contributed by atoms with Crippen LogP contribution in [0.2, 0.25) is 0 Å². The Balaban J connectivity index is 1.31. The summed E-state index contributed by atoms with van der Waals surface area (Å²) in [6.45, 7) is 1.22. The number of likely N-dealkylation sites (tertiary alicyclic amines) is 1. The van der Waals surface area contributed by atoms with E-state index in [9.17, 15) is 13.6 Å². The Morgan fingerprint density at radius 1 is 1.07 bits per heavy atom. The van der Waals surface area contributed by atoms with E-state index in [0.29, 0.717) is 36.8 Å². The molecule has 0 bridgehead atoms. The third kappa shape index (κ3) is 3.49. The van der Waals surface area contributed by atoms with Gasteiger partial charge in [0.2, 0.25) is 17.6 Å². The summed E-state index contributed by atoms with van der Waals surface area (Å²) in [6, 6.07) is 10.7. The molecule has 7 heteroatoms. The first-order chi connectivity index (χ1) is 14.6. The molecule has 154 valence electrons. The lowest BCUT2D eigenvalue weighted by atomic mass is 9.94. The molecular weight excluding hydrogens is 388 g/mol. The van der Waals surface area contributed by atoms with Crippen molar-refractivity contribution in [2.24, 2.45) is 0 Å². The number of aromatic nitrogens is 2. The highest BCUT2D eigenvalue weighted by atomic mass is 19.1. The summed E-state index contributed by atoms with van der Waals surface area (Å²) >= 11 is 0. The van der Waals surface area contributed by atoms with Crippen LogP contribution in [0.15, 0.2) is 47.0 Å². The Labute approximate surface area is 172 Å². The van der Waals surface area contributed by atoms with Gasteiger partial charge >= 0.3 is 0 Å². The molecule has 2 heterocycles. The molecule has 1 aliphatic heterocycles. The van der Waals surface area contributed by atoms with Crippen molar-refractivity contribution in [2.75, 3.05) is 13.1 Å². The average Bonchev–Trinajstić information content (AvgIpc) is 3.41. The van der Waals surface area contributed by atoms with Gasteiger partial charge in [0.25, 0.3) is 0 Å². The number of benzene rings is 2. The highest BCUT2D eigenvalue weighted by molar-refractivity contribution is 5.85. The molecule has 2 aliphatic rings. The molecule has 3 aromatic rings. The van der Waals surface area contributed by atoms with Crippen LogP contribution in [0.4, 0.5) is 8.78 Å². The largest absolute Gasteiger partial charge is 0.341 e. The number of piperidine rings is 1. The van der Waals surface area contributed by atoms with Gasteiger partial charge in [-0.25, -0.2) is 8.78 Å². The summed E-state index contributed by atoms with van der Waals surface area (Å²) in [5, 5.41) is 4.03. The van der Waals surface area contributed by atoms with Crippen LogP contribution in [0.25, 0.3) is 11.4 Å². The van der Waals surface area contributed by atoms with Crippen LogP contribution < -0.4 is 0 Å². The molecule has 1 saturated heterocycles. The van der Waals surface area contributed by atoms with E-state index >= 15 is 0 Å². The minimum atomic E-state index is -0.319. The maximum atomic E-state index is 13.5. The van der Waals surface area contributed by atoms with Gasteiger partial charge in [0.1, 0.15) is 11.6 Å². The van der Waals surface area contributed by atoms with E-state index in [0.717, 1.165) is 30.4 Å². The lowest BCUT2D eigenvalue weighted by molar-refractivity contribution is -0.134. The molecule has 5 rings (SSSR count). The first-order valence-electron chi connectivity index (χ1n) is 10.2. The topological polar surface area (TPSA) is 59.2 Å². The molecule has 0 radical (unpaired) electrons. The number of amides is 1. The molecular formula is C23H21F2N3O2. The molecule has 1 aliphatic carbocycles. The van der Waals surface area contributed by atoms with E-state index in [2.05, 4.69) is 10.1 Å². The van der Waals surface area contributed by atoms with Gasteiger partial charge in [0, 0.05) is 18.7 Å². The number of hydrogen-bond donors (Lipinski definition) is 0. The van der Waals surface area contributed by atoms with Crippen molar-refractivity contribution in [2.45, 2.75) is 37.5 Å². The molecule has 1 amide bonds. The number of fused-ring (bicyclic) bond motifs is 1. The van der Waals surface area contributed by atoms with Crippen molar-refractivity contribution in [1.82, 2.24) is 15.0 Å². The normalized spacial score (nSPS) is 20.9. The van der Waals surface area contributed by atoms with Gasteiger partial charge < -0.3 is 9.42 Å². The van der Waals surface area contributed by atoms with Crippen LogP contribution in [0.5, 0.6) is 0 Å². The Hall–Kier alpha value is -3.09. The zero-order valence-corrected chi connectivity index (χ0v) is 16.4. The number of halogens is 2. The molecule has 1 fully saturated rings. The fraction of sp³-hybridized carbons (Fsp3) is 0.348. The van der Waals surface area contributed by atoms with Crippen molar-refractivity contribution in [1.29, 1.82) is 0 Å². The monoisotopic (exact) mass is 409 g/mol. The quantitative estimate of drug-likeness (QED) is 0.641. The number of carbonyl (C=O) groups is 1. The maximum Gasteiger partial charge on any atom is 0.231 e. The minimum Gasteiger partial charge on any atom is -0.341 e. The first-order valence-corrected chi connectivity index (χ1v) is 10.2. The number of hydrogen-bond acceptors (Lipinski definition) is 4. The zero-order valence-electron chi connectivity index (χ0n) is 16.4. The molecule has 0 spiro atoms. The smallest absolute Gasteiger partial charge is 0.231 e. The first kappa shape index (κ1) is 18.9. The number of nitrogens with zero attached hydrogens (tertiary/aromatic N) is 3. The van der Waals surface area contributed by atoms with Gasteiger partial charge in [-0.15, -0.1) is 0 Å². The van der Waals surface area contributed by atoms with Crippen molar-refractivity contribution in [3.05, 3.63) is 71.1 Å². The van der Waals surface area contributed by atoms with Crippen LogP contribution in [0.1, 0.15) is 48.1 Å². The molecule has 30 heavy (non-hydrogen) atoms. The average molecular weight is 409 g/mol. The number of carbonyl (C=O) groups excluding carboxylic acids is 1. The highest BCUT2D eigenvalue weighted by Crippen LogP contribution is 2.36. The summed E-state index contributed by atoms with van der Waals surface area (Å²) < 4.78 is 32.1. The molecule has 5 nitrogen and oxygen atoms in total. The minimum absolute atomic E-state index is 0.0292. The van der Waals surface area contributed by atoms with Gasteiger partial charge in [0.05, 0.1) is 11.8 Å². The highest BCUT2D eigenvalue weighted by Gasteiger charge is 2.35. The molecule has 2 aromatic carbocycles. The van der Waals surface area contributed by atoms with Gasteiger partial charge in [0.15, 0.2) is 0 Å². The Kier molecular flexibility index (Phi) is 4.81. The van der Waals surface area contributed by atoms with Crippen LogP contribution >= 0.6 is 0 Å². The summed E-state index contributed by atoms with van der Waals surface area (Å²) in [5.74, 6) is 0.188. The Morgan fingerprint density at radius 2 is 1.87 bits per heavy atom. The summed E-state index contributed by atoms with van der Waals surface area (Å²) in [4.78, 5) is 19.6. The molecule has 1 unspecified atom stereocenters. The number of rotatable bonds is 3. The standard InChI is InChI=1S/C23H21F2N3O2/c24-17-6-3-14(4-7-17)21-26-22(30-27-21)16-2-1-11-28(13-16)23(29)20-9-5-15-12-18(25)8-10-19(15)20/h3-4,6-8,10,12,16,20H,1-2,5,9,11,13H2/t16-,20?/m0/s1. The van der Waals surface area contributed by atoms with Crippen molar-refractivity contribution in [3.8, 4) is 11.4 Å². The predicted molar refractivity (Wildman–Crippen MR) is 106 cm³/mol. The summed E-state index contributed by atoms with van der Waals surface area (Å²) in [5.41, 5.74) is 2.56. The van der Waals surface area contributed by atoms with E-state index in [-0.39, 0.29) is 29.4 Å². The van der Waals surface area contributed by atoms with Gasteiger partial charge in [-0.2, -0.15) is 4.98 Å². The fourth-order valence-electron chi connectivity index (χ4n) is 4.56. The SMILES string of the molecule is O=C(C1CCc2cc(F)ccc21)N1CCC[C@H](c2nc(-c3ccc(F)cc3)no2)C1. The summed E-state index contributed by atoms with van der Waals surface area (Å²) in [7, 11) is 0. The van der Waals surface area contributed by atoms with Crippen LogP contribution in [0.3, 0.4) is 0 Å². The van der Waals surface area contributed by atoms with Crippen LogP contribution in [-0.4, -0.2) is 34.0 Å². The Bertz CT molecular complexity index is 1080. The molecule has 1 aromatic heterocycles. The van der Waals surface area contributed by atoms with Crippen LogP contribution in [-0.2, 0) is 11.2 Å². The van der Waals surface area contributed by atoms with Gasteiger partial charge in [-0.3, -0.25) is 4.79 Å². The predicted octanol–water partition coefficient (Wildman–Crippen LogP) is 4.45. The van der Waals surface area contributed by atoms with Crippen molar-refractivity contribution in [3.63, 3.8) is 0 Å². The molecule has 2 atom stereocenters.